The van der Waals surface area contributed by atoms with Crippen molar-refractivity contribution >= 4 is 5.91 Å². The van der Waals surface area contributed by atoms with Gasteiger partial charge in [0.1, 0.15) is 0 Å². The Morgan fingerprint density at radius 3 is 3.13 bits per heavy atom. The van der Waals surface area contributed by atoms with Gasteiger partial charge in [0.15, 0.2) is 0 Å². The van der Waals surface area contributed by atoms with Gasteiger partial charge in [-0.2, -0.15) is 0 Å². The van der Waals surface area contributed by atoms with Crippen molar-refractivity contribution in [2.75, 3.05) is 6.54 Å². The lowest BCUT2D eigenvalue weighted by atomic mass is 9.85. The maximum atomic E-state index is 12.1. The molecule has 2 heterocycles. The van der Waals surface area contributed by atoms with Crippen LogP contribution in [0.1, 0.15) is 25.7 Å². The molecule has 0 aromatic rings. The molecule has 78 valence electrons. The number of amides is 1. The Kier molecular flexibility index (Phi) is 2.01. The van der Waals surface area contributed by atoms with Gasteiger partial charge in [0.05, 0.1) is 5.92 Å². The summed E-state index contributed by atoms with van der Waals surface area (Å²) in [7, 11) is 0. The SMILES string of the molecule is O=C1C2CCCCC2=C2C=CC=CCN12. The van der Waals surface area contributed by atoms with Crippen molar-refractivity contribution in [1.82, 2.24) is 4.90 Å². The first-order valence-corrected chi connectivity index (χ1v) is 5.75. The Hall–Kier alpha value is -1.31. The highest BCUT2D eigenvalue weighted by Gasteiger charge is 2.38. The van der Waals surface area contributed by atoms with Gasteiger partial charge in [-0.15, -0.1) is 0 Å². The van der Waals surface area contributed by atoms with Gasteiger partial charge in [0.2, 0.25) is 5.91 Å². The number of rotatable bonds is 0. The molecule has 1 aliphatic carbocycles. The van der Waals surface area contributed by atoms with E-state index in [1.165, 1.54) is 24.1 Å². The van der Waals surface area contributed by atoms with Crippen LogP contribution in [0.4, 0.5) is 0 Å². The lowest BCUT2D eigenvalue weighted by molar-refractivity contribution is -0.130. The van der Waals surface area contributed by atoms with Crippen LogP contribution in [0.3, 0.4) is 0 Å². The predicted molar refractivity (Wildman–Crippen MR) is 59.0 cm³/mol. The minimum absolute atomic E-state index is 0.213. The molecular weight excluding hydrogens is 186 g/mol. The van der Waals surface area contributed by atoms with Gasteiger partial charge < -0.3 is 4.90 Å². The van der Waals surface area contributed by atoms with Crippen molar-refractivity contribution in [3.05, 3.63) is 35.6 Å². The second-order valence-corrected chi connectivity index (χ2v) is 4.44. The minimum atomic E-state index is 0.213. The van der Waals surface area contributed by atoms with Crippen LogP contribution in [-0.2, 0) is 4.79 Å². The third-order valence-corrected chi connectivity index (χ3v) is 3.58. The van der Waals surface area contributed by atoms with Crippen LogP contribution in [0.25, 0.3) is 0 Å². The summed E-state index contributed by atoms with van der Waals surface area (Å²) in [5, 5.41) is 0. The van der Waals surface area contributed by atoms with Gasteiger partial charge in [0.25, 0.3) is 0 Å². The largest absolute Gasteiger partial charge is 0.308 e. The Balaban J connectivity index is 2.05. The van der Waals surface area contributed by atoms with Crippen molar-refractivity contribution in [1.29, 1.82) is 0 Å². The molecule has 1 amide bonds. The zero-order valence-electron chi connectivity index (χ0n) is 8.78. The van der Waals surface area contributed by atoms with Crippen LogP contribution in [0.15, 0.2) is 35.6 Å². The zero-order valence-corrected chi connectivity index (χ0v) is 8.78. The number of hydrogen-bond donors (Lipinski definition) is 0. The summed E-state index contributed by atoms with van der Waals surface area (Å²) >= 11 is 0. The Labute approximate surface area is 90.0 Å². The van der Waals surface area contributed by atoms with Gasteiger partial charge in [-0.1, -0.05) is 24.6 Å². The first-order valence-electron chi connectivity index (χ1n) is 5.75. The topological polar surface area (TPSA) is 20.3 Å². The second kappa shape index (κ2) is 3.37. The number of nitrogens with zero attached hydrogens (tertiary/aromatic N) is 1. The Morgan fingerprint density at radius 1 is 1.27 bits per heavy atom. The smallest absolute Gasteiger partial charge is 0.234 e. The third-order valence-electron chi connectivity index (χ3n) is 3.58. The second-order valence-electron chi connectivity index (χ2n) is 4.44. The molecule has 15 heavy (non-hydrogen) atoms. The molecule has 1 atom stereocenters. The molecule has 1 saturated carbocycles. The van der Waals surface area contributed by atoms with Crippen LogP contribution < -0.4 is 0 Å². The summed E-state index contributed by atoms with van der Waals surface area (Å²) in [5.41, 5.74) is 2.58. The fourth-order valence-electron chi connectivity index (χ4n) is 2.85. The Bertz CT molecular complexity index is 389. The molecule has 2 aliphatic heterocycles. The molecule has 3 rings (SSSR count). The quantitative estimate of drug-likeness (QED) is 0.589. The molecule has 0 N–H and O–H groups in total. The van der Waals surface area contributed by atoms with Crippen LogP contribution in [0, 0.1) is 5.92 Å². The van der Waals surface area contributed by atoms with Crippen molar-refractivity contribution in [2.24, 2.45) is 5.92 Å². The summed E-state index contributed by atoms with van der Waals surface area (Å²) in [6.07, 6.45) is 12.9. The van der Waals surface area contributed by atoms with Crippen molar-refractivity contribution < 1.29 is 4.79 Å². The van der Waals surface area contributed by atoms with Crippen LogP contribution in [0.5, 0.6) is 0 Å². The summed E-state index contributed by atoms with van der Waals surface area (Å²) < 4.78 is 0. The molecular formula is C13H15NO. The van der Waals surface area contributed by atoms with E-state index in [9.17, 15) is 4.79 Å². The number of carbonyl (C=O) groups is 1. The fraction of sp³-hybridized carbons (Fsp3) is 0.462. The highest BCUT2D eigenvalue weighted by atomic mass is 16.2. The van der Waals surface area contributed by atoms with E-state index in [-0.39, 0.29) is 5.92 Å². The summed E-state index contributed by atoms with van der Waals surface area (Å²) in [6, 6.07) is 0. The van der Waals surface area contributed by atoms with Crippen LogP contribution >= 0.6 is 0 Å². The van der Waals surface area contributed by atoms with E-state index in [0.29, 0.717) is 5.91 Å². The average molecular weight is 201 g/mol. The van der Waals surface area contributed by atoms with Crippen molar-refractivity contribution in [2.45, 2.75) is 25.7 Å². The van der Waals surface area contributed by atoms with Gasteiger partial charge in [-0.05, 0) is 30.9 Å². The first kappa shape index (κ1) is 8.96. The van der Waals surface area contributed by atoms with E-state index in [1.54, 1.807) is 0 Å². The zero-order chi connectivity index (χ0) is 10.3. The Morgan fingerprint density at radius 2 is 2.20 bits per heavy atom. The molecule has 2 nitrogen and oxygen atoms in total. The molecule has 2 heteroatoms. The molecule has 0 saturated heterocycles. The van der Waals surface area contributed by atoms with E-state index >= 15 is 0 Å². The van der Waals surface area contributed by atoms with E-state index in [0.717, 1.165) is 19.4 Å². The van der Waals surface area contributed by atoms with E-state index in [4.69, 9.17) is 0 Å². The summed E-state index contributed by atoms with van der Waals surface area (Å²) in [4.78, 5) is 14.1. The average Bonchev–Trinajstić information content (AvgIpc) is 2.48. The monoisotopic (exact) mass is 201 g/mol. The van der Waals surface area contributed by atoms with Crippen molar-refractivity contribution in [3.63, 3.8) is 0 Å². The van der Waals surface area contributed by atoms with Gasteiger partial charge in [-0.3, -0.25) is 4.79 Å². The van der Waals surface area contributed by atoms with Gasteiger partial charge >= 0.3 is 0 Å². The van der Waals surface area contributed by atoms with E-state index in [1.807, 2.05) is 17.1 Å². The highest BCUT2D eigenvalue weighted by Crippen LogP contribution is 2.40. The van der Waals surface area contributed by atoms with E-state index in [2.05, 4.69) is 12.2 Å². The van der Waals surface area contributed by atoms with E-state index < -0.39 is 0 Å². The molecule has 0 aromatic heterocycles. The number of hydrogen-bond acceptors (Lipinski definition) is 1. The molecule has 3 aliphatic rings. The fourth-order valence-corrected chi connectivity index (χ4v) is 2.85. The molecule has 0 bridgehead atoms. The van der Waals surface area contributed by atoms with Gasteiger partial charge in [-0.25, -0.2) is 0 Å². The molecule has 1 unspecified atom stereocenters. The standard InChI is InChI=1S/C13H15NO/c15-13-11-7-4-3-6-10(11)12-8-2-1-5-9-14(12)13/h1-2,5,8,11H,3-4,6-7,9H2. The molecule has 0 spiro atoms. The molecule has 0 radical (unpaired) electrons. The number of fused-ring (bicyclic) bond motifs is 2. The van der Waals surface area contributed by atoms with Crippen molar-refractivity contribution in [3.8, 4) is 0 Å². The first-order chi connectivity index (χ1) is 7.38. The number of carbonyl (C=O) groups excluding carboxylic acids is 1. The maximum absolute atomic E-state index is 12.1. The minimum Gasteiger partial charge on any atom is -0.308 e. The maximum Gasteiger partial charge on any atom is 0.234 e. The number of allylic oxidation sites excluding steroid dienone is 3. The van der Waals surface area contributed by atoms with Crippen LogP contribution in [0.2, 0.25) is 0 Å². The molecule has 1 fully saturated rings. The lowest BCUT2D eigenvalue weighted by Crippen LogP contribution is -2.28. The third kappa shape index (κ3) is 1.28. The lowest BCUT2D eigenvalue weighted by Gasteiger charge is -2.18. The summed E-state index contributed by atoms with van der Waals surface area (Å²) in [6.45, 7) is 0.751. The van der Waals surface area contributed by atoms with Gasteiger partial charge in [0, 0.05) is 12.2 Å². The normalized spacial score (nSPS) is 29.2. The highest BCUT2D eigenvalue weighted by molar-refractivity contribution is 5.88. The van der Waals surface area contributed by atoms with Crippen LogP contribution in [-0.4, -0.2) is 17.4 Å². The predicted octanol–water partition coefficient (Wildman–Crippen LogP) is 2.40. The summed E-state index contributed by atoms with van der Waals surface area (Å²) in [5.74, 6) is 0.542. The molecule has 0 aromatic carbocycles.